The molecule has 0 fully saturated rings. The Labute approximate surface area is 194 Å². The van der Waals surface area contributed by atoms with E-state index in [0.717, 1.165) is 22.5 Å². The van der Waals surface area contributed by atoms with Crippen LogP contribution in [-0.4, -0.2) is 19.5 Å². The maximum Gasteiger partial charge on any atom is 0.308 e. The van der Waals surface area contributed by atoms with Crippen molar-refractivity contribution in [1.29, 1.82) is 0 Å². The van der Waals surface area contributed by atoms with Crippen molar-refractivity contribution in [3.05, 3.63) is 98.4 Å². The Morgan fingerprint density at radius 3 is 2.53 bits per heavy atom. The number of rotatable bonds is 8. The van der Waals surface area contributed by atoms with Crippen molar-refractivity contribution >= 4 is 43.2 Å². The highest BCUT2D eigenvalue weighted by Gasteiger charge is 2.17. The maximum atomic E-state index is 13.0. The molecular formula is C23H20ClFN2O3S2. The molecule has 0 saturated carbocycles. The third kappa shape index (κ3) is 5.10. The Kier molecular flexibility index (Phi) is 6.76. The van der Waals surface area contributed by atoms with Gasteiger partial charge in [0.25, 0.3) is 0 Å². The smallest absolute Gasteiger partial charge is 0.294 e. The molecule has 9 heteroatoms. The molecule has 0 bridgehead atoms. The topological polar surface area (TPSA) is 68.2 Å². The highest BCUT2D eigenvalue weighted by molar-refractivity contribution is 7.89. The maximum absolute atomic E-state index is 13.0. The van der Waals surface area contributed by atoms with Gasteiger partial charge in [-0.05, 0) is 60.4 Å². The number of hydrogen-bond donors (Lipinski definition) is 1. The fourth-order valence-corrected chi connectivity index (χ4v) is 5.69. The van der Waals surface area contributed by atoms with Crippen LogP contribution in [0.1, 0.15) is 17.5 Å². The first kappa shape index (κ1) is 22.7. The third-order valence-corrected chi connectivity index (χ3v) is 7.85. The van der Waals surface area contributed by atoms with E-state index in [1.807, 2.05) is 18.2 Å². The molecule has 166 valence electrons. The molecule has 4 aromatic rings. The third-order valence-electron chi connectivity index (χ3n) is 5.08. The first-order valence-electron chi connectivity index (χ1n) is 9.94. The summed E-state index contributed by atoms with van der Waals surface area (Å²) in [6.07, 6.45) is 1.21. The highest BCUT2D eigenvalue weighted by atomic mass is 35.5. The van der Waals surface area contributed by atoms with Crippen LogP contribution in [0.4, 0.5) is 4.39 Å². The van der Waals surface area contributed by atoms with Gasteiger partial charge in [0.2, 0.25) is 10.0 Å². The lowest BCUT2D eigenvalue weighted by Crippen LogP contribution is -2.25. The minimum Gasteiger partial charge on any atom is -0.294 e. The molecule has 32 heavy (non-hydrogen) atoms. The molecule has 4 rings (SSSR count). The minimum atomic E-state index is -3.72. The standard InChI is InChI=1S/C23H20ClFN2O3S2/c24-20-6-2-1-5-17(20)15-27-21-12-11-19(14-22(21)31-23(27)28)32(29,30)26-13-3-4-16-7-9-18(25)10-8-16/h1-2,5-12,14,26H,3-4,13,15H2. The average molecular weight is 491 g/mol. The Morgan fingerprint density at radius 1 is 1.03 bits per heavy atom. The first-order valence-corrected chi connectivity index (χ1v) is 12.6. The molecule has 0 saturated heterocycles. The van der Waals surface area contributed by atoms with Crippen molar-refractivity contribution in [3.8, 4) is 0 Å². The van der Waals surface area contributed by atoms with Crippen LogP contribution in [0.15, 0.2) is 76.4 Å². The van der Waals surface area contributed by atoms with Crippen LogP contribution in [0.3, 0.4) is 0 Å². The van der Waals surface area contributed by atoms with Gasteiger partial charge in [-0.3, -0.25) is 9.36 Å². The number of thiazole rings is 1. The zero-order valence-electron chi connectivity index (χ0n) is 16.9. The number of nitrogens with one attached hydrogen (secondary N) is 1. The van der Waals surface area contributed by atoms with Crippen molar-refractivity contribution in [1.82, 2.24) is 9.29 Å². The van der Waals surface area contributed by atoms with Gasteiger partial charge in [0.15, 0.2) is 0 Å². The number of aromatic nitrogens is 1. The monoisotopic (exact) mass is 490 g/mol. The van der Waals surface area contributed by atoms with E-state index < -0.39 is 10.0 Å². The van der Waals surface area contributed by atoms with E-state index in [4.69, 9.17) is 11.6 Å². The van der Waals surface area contributed by atoms with Crippen LogP contribution in [0.2, 0.25) is 5.02 Å². The zero-order valence-corrected chi connectivity index (χ0v) is 19.3. The summed E-state index contributed by atoms with van der Waals surface area (Å²) in [6, 6.07) is 18.1. The average Bonchev–Trinajstić information content (AvgIpc) is 3.08. The van der Waals surface area contributed by atoms with Crippen LogP contribution in [0.5, 0.6) is 0 Å². The lowest BCUT2D eigenvalue weighted by atomic mass is 10.1. The minimum absolute atomic E-state index is 0.109. The number of halogens is 2. The van der Waals surface area contributed by atoms with Gasteiger partial charge in [-0.2, -0.15) is 0 Å². The summed E-state index contributed by atoms with van der Waals surface area (Å²) in [5.41, 5.74) is 2.42. The Balaban J connectivity index is 1.47. The van der Waals surface area contributed by atoms with Crippen molar-refractivity contribution in [2.75, 3.05) is 6.54 Å². The van der Waals surface area contributed by atoms with E-state index in [1.54, 1.807) is 28.8 Å². The summed E-state index contributed by atoms with van der Waals surface area (Å²) in [5, 5.41) is 0.572. The molecule has 1 heterocycles. The normalized spacial score (nSPS) is 11.8. The molecule has 1 N–H and O–H groups in total. The first-order chi connectivity index (χ1) is 15.3. The van der Waals surface area contributed by atoms with Gasteiger partial charge in [0.1, 0.15) is 5.82 Å². The molecule has 5 nitrogen and oxygen atoms in total. The Bertz CT molecular complexity index is 1410. The number of aryl methyl sites for hydroxylation is 1. The second-order valence-electron chi connectivity index (χ2n) is 7.30. The number of sulfonamides is 1. The van der Waals surface area contributed by atoms with E-state index in [0.29, 0.717) is 34.6 Å². The van der Waals surface area contributed by atoms with Crippen molar-refractivity contribution < 1.29 is 12.8 Å². The summed E-state index contributed by atoms with van der Waals surface area (Å²) < 4.78 is 43.1. The molecule has 3 aromatic carbocycles. The van der Waals surface area contributed by atoms with Crippen LogP contribution < -0.4 is 9.60 Å². The molecule has 0 aliphatic carbocycles. The van der Waals surface area contributed by atoms with Gasteiger partial charge in [0.05, 0.1) is 21.7 Å². The zero-order chi connectivity index (χ0) is 22.7. The van der Waals surface area contributed by atoms with Crippen LogP contribution in [-0.2, 0) is 23.0 Å². The van der Waals surface area contributed by atoms with E-state index in [2.05, 4.69) is 4.72 Å². The fraction of sp³-hybridized carbons (Fsp3) is 0.174. The van der Waals surface area contributed by atoms with E-state index in [-0.39, 0.29) is 22.1 Å². The van der Waals surface area contributed by atoms with Crippen LogP contribution >= 0.6 is 22.9 Å². The van der Waals surface area contributed by atoms with Crippen molar-refractivity contribution in [2.45, 2.75) is 24.3 Å². The lowest BCUT2D eigenvalue weighted by molar-refractivity contribution is 0.579. The lowest BCUT2D eigenvalue weighted by Gasteiger charge is -2.08. The molecule has 0 radical (unpaired) electrons. The number of nitrogens with zero attached hydrogens (tertiary/aromatic N) is 1. The van der Waals surface area contributed by atoms with Gasteiger partial charge in [-0.1, -0.05) is 53.3 Å². The second-order valence-corrected chi connectivity index (χ2v) is 10.5. The second kappa shape index (κ2) is 9.54. The molecule has 0 unspecified atom stereocenters. The molecule has 0 spiro atoms. The molecule has 0 atom stereocenters. The summed E-state index contributed by atoms with van der Waals surface area (Å²) in [6.45, 7) is 0.563. The van der Waals surface area contributed by atoms with Gasteiger partial charge in [0, 0.05) is 11.6 Å². The van der Waals surface area contributed by atoms with Crippen molar-refractivity contribution in [2.24, 2.45) is 0 Å². The SMILES string of the molecule is O=c1sc2cc(S(=O)(=O)NCCCc3ccc(F)cc3)ccc2n1Cc1ccccc1Cl. The fourth-order valence-electron chi connectivity index (χ4n) is 3.39. The molecule has 0 aliphatic heterocycles. The number of benzene rings is 3. The molecular weight excluding hydrogens is 471 g/mol. The van der Waals surface area contributed by atoms with Crippen LogP contribution in [0.25, 0.3) is 10.2 Å². The highest BCUT2D eigenvalue weighted by Crippen LogP contribution is 2.24. The quantitative estimate of drug-likeness (QED) is 0.360. The predicted octanol–water partition coefficient (Wildman–Crippen LogP) is 4.81. The summed E-state index contributed by atoms with van der Waals surface area (Å²) in [4.78, 5) is 12.5. The van der Waals surface area contributed by atoms with Gasteiger partial charge in [-0.15, -0.1) is 0 Å². The largest absolute Gasteiger partial charge is 0.308 e. The van der Waals surface area contributed by atoms with E-state index in [9.17, 15) is 17.6 Å². The van der Waals surface area contributed by atoms with Gasteiger partial charge < -0.3 is 0 Å². The van der Waals surface area contributed by atoms with Crippen molar-refractivity contribution in [3.63, 3.8) is 0 Å². The van der Waals surface area contributed by atoms with E-state index in [1.165, 1.54) is 24.3 Å². The summed E-state index contributed by atoms with van der Waals surface area (Å²) in [5.74, 6) is -0.298. The van der Waals surface area contributed by atoms with Gasteiger partial charge in [-0.25, -0.2) is 17.5 Å². The van der Waals surface area contributed by atoms with E-state index >= 15 is 0 Å². The summed E-state index contributed by atoms with van der Waals surface area (Å²) >= 11 is 7.22. The Morgan fingerprint density at radius 2 is 1.78 bits per heavy atom. The molecule has 1 aromatic heterocycles. The molecule has 0 amide bonds. The van der Waals surface area contributed by atoms with Crippen LogP contribution in [0, 0.1) is 5.82 Å². The summed E-state index contributed by atoms with van der Waals surface area (Å²) in [7, 11) is -3.72. The number of fused-ring (bicyclic) bond motifs is 1. The number of hydrogen-bond acceptors (Lipinski definition) is 4. The van der Waals surface area contributed by atoms with Gasteiger partial charge >= 0.3 is 4.87 Å². The predicted molar refractivity (Wildman–Crippen MR) is 127 cm³/mol. The molecule has 0 aliphatic rings. The Hall–Kier alpha value is -2.52.